The van der Waals surface area contributed by atoms with E-state index in [1.165, 1.54) is 0 Å². The van der Waals surface area contributed by atoms with Gasteiger partial charge >= 0.3 is 0 Å². The zero-order valence-electron chi connectivity index (χ0n) is 9.00. The maximum absolute atomic E-state index is 12.1. The third-order valence-corrected chi connectivity index (χ3v) is 3.21. The lowest BCUT2D eigenvalue weighted by Gasteiger charge is -2.12. The fourth-order valence-electron chi connectivity index (χ4n) is 1.36. The summed E-state index contributed by atoms with van der Waals surface area (Å²) in [7, 11) is 0. The molecule has 0 radical (unpaired) electrons. The standard InChI is InChI=1S/C12H11BrClNO/c1-7(2)10(6-15)12(16)9-5-8(14)3-4-11(9)13/h3-5,7,10H,1-2H3. The molecule has 0 heterocycles. The summed E-state index contributed by atoms with van der Waals surface area (Å²) in [6.07, 6.45) is 0. The van der Waals surface area contributed by atoms with E-state index in [1.54, 1.807) is 18.2 Å². The average molecular weight is 301 g/mol. The van der Waals surface area contributed by atoms with Crippen molar-refractivity contribution < 1.29 is 4.79 Å². The molecule has 2 nitrogen and oxygen atoms in total. The molecular formula is C12H11BrClNO. The summed E-state index contributed by atoms with van der Waals surface area (Å²) in [6, 6.07) is 7.02. The first kappa shape index (κ1) is 13.2. The molecule has 1 rings (SSSR count). The molecule has 4 heteroatoms. The highest BCUT2D eigenvalue weighted by Gasteiger charge is 2.24. The van der Waals surface area contributed by atoms with Crippen molar-refractivity contribution in [3.8, 4) is 6.07 Å². The zero-order valence-corrected chi connectivity index (χ0v) is 11.3. The van der Waals surface area contributed by atoms with Crippen LogP contribution in [-0.4, -0.2) is 5.78 Å². The number of benzene rings is 1. The van der Waals surface area contributed by atoms with Gasteiger partial charge in [0.1, 0.15) is 5.92 Å². The lowest BCUT2D eigenvalue weighted by atomic mass is 9.89. The minimum Gasteiger partial charge on any atom is -0.293 e. The molecule has 0 saturated carbocycles. The molecule has 0 N–H and O–H groups in total. The van der Waals surface area contributed by atoms with Gasteiger partial charge < -0.3 is 0 Å². The fourth-order valence-corrected chi connectivity index (χ4v) is 1.98. The Morgan fingerprint density at radius 1 is 1.50 bits per heavy atom. The van der Waals surface area contributed by atoms with Crippen molar-refractivity contribution in [2.75, 3.05) is 0 Å². The number of carbonyl (C=O) groups excluding carboxylic acids is 1. The maximum Gasteiger partial charge on any atom is 0.181 e. The van der Waals surface area contributed by atoms with Crippen LogP contribution in [0.5, 0.6) is 0 Å². The molecule has 0 spiro atoms. The molecule has 0 aliphatic carbocycles. The van der Waals surface area contributed by atoms with Gasteiger partial charge in [0.15, 0.2) is 5.78 Å². The predicted octanol–water partition coefficient (Wildman–Crippen LogP) is 4.08. The van der Waals surface area contributed by atoms with Gasteiger partial charge in [0.2, 0.25) is 0 Å². The molecule has 0 aromatic heterocycles. The number of hydrogen-bond donors (Lipinski definition) is 0. The van der Waals surface area contributed by atoms with Crippen LogP contribution in [0.15, 0.2) is 22.7 Å². The SMILES string of the molecule is CC(C)C(C#N)C(=O)c1cc(Cl)ccc1Br. The fraction of sp³-hybridized carbons (Fsp3) is 0.333. The van der Waals surface area contributed by atoms with Crippen molar-refractivity contribution in [1.29, 1.82) is 5.26 Å². The van der Waals surface area contributed by atoms with Gasteiger partial charge in [-0.3, -0.25) is 4.79 Å². The largest absolute Gasteiger partial charge is 0.293 e. The second-order valence-electron chi connectivity index (χ2n) is 3.84. The number of halogens is 2. The van der Waals surface area contributed by atoms with Crippen LogP contribution in [0.4, 0.5) is 0 Å². The van der Waals surface area contributed by atoms with E-state index >= 15 is 0 Å². The number of ketones is 1. The highest BCUT2D eigenvalue weighted by Crippen LogP contribution is 2.25. The summed E-state index contributed by atoms with van der Waals surface area (Å²) in [5, 5.41) is 9.46. The minimum atomic E-state index is -0.630. The van der Waals surface area contributed by atoms with Crippen LogP contribution in [0.25, 0.3) is 0 Å². The van der Waals surface area contributed by atoms with Crippen molar-refractivity contribution in [1.82, 2.24) is 0 Å². The molecule has 0 aliphatic heterocycles. The Hall–Kier alpha value is -0.850. The smallest absolute Gasteiger partial charge is 0.181 e. The molecular weight excluding hydrogens is 289 g/mol. The van der Waals surface area contributed by atoms with Gasteiger partial charge in [0.05, 0.1) is 6.07 Å². The molecule has 0 bridgehead atoms. The lowest BCUT2D eigenvalue weighted by Crippen LogP contribution is -2.19. The third-order valence-electron chi connectivity index (χ3n) is 2.28. The highest BCUT2D eigenvalue weighted by atomic mass is 79.9. The van der Waals surface area contributed by atoms with Gasteiger partial charge in [-0.15, -0.1) is 0 Å². The van der Waals surface area contributed by atoms with Crippen LogP contribution >= 0.6 is 27.5 Å². The molecule has 0 saturated heterocycles. The van der Waals surface area contributed by atoms with Gasteiger partial charge in [0.25, 0.3) is 0 Å². The first-order chi connectivity index (χ1) is 7.47. The van der Waals surface area contributed by atoms with Crippen molar-refractivity contribution >= 4 is 33.3 Å². The Labute approximate surface area is 108 Å². The maximum atomic E-state index is 12.1. The van der Waals surface area contributed by atoms with Crippen LogP contribution in [0.1, 0.15) is 24.2 Å². The van der Waals surface area contributed by atoms with E-state index in [-0.39, 0.29) is 11.7 Å². The van der Waals surface area contributed by atoms with E-state index in [2.05, 4.69) is 15.9 Å². The number of nitriles is 1. The Bertz CT molecular complexity index is 451. The molecule has 1 aromatic rings. The Kier molecular flexibility index (Phi) is 4.52. The summed E-state index contributed by atoms with van der Waals surface area (Å²) in [5.74, 6) is -0.829. The Morgan fingerprint density at radius 2 is 2.12 bits per heavy atom. The zero-order chi connectivity index (χ0) is 12.3. The topological polar surface area (TPSA) is 40.9 Å². The summed E-state index contributed by atoms with van der Waals surface area (Å²) >= 11 is 9.12. The molecule has 0 amide bonds. The number of nitrogens with zero attached hydrogens (tertiary/aromatic N) is 1. The first-order valence-electron chi connectivity index (χ1n) is 4.86. The van der Waals surface area contributed by atoms with Gasteiger partial charge in [0, 0.05) is 15.1 Å². The van der Waals surface area contributed by atoms with Crippen molar-refractivity contribution in [3.63, 3.8) is 0 Å². The average Bonchev–Trinajstić information content (AvgIpc) is 2.22. The lowest BCUT2D eigenvalue weighted by molar-refractivity contribution is 0.0923. The van der Waals surface area contributed by atoms with Gasteiger partial charge in [-0.25, -0.2) is 0 Å². The van der Waals surface area contributed by atoms with E-state index in [0.717, 1.165) is 0 Å². The van der Waals surface area contributed by atoms with E-state index in [4.69, 9.17) is 16.9 Å². The van der Waals surface area contributed by atoms with Crippen LogP contribution in [0.2, 0.25) is 5.02 Å². The summed E-state index contributed by atoms with van der Waals surface area (Å²) in [4.78, 5) is 12.1. The Morgan fingerprint density at radius 3 is 2.62 bits per heavy atom. The number of carbonyl (C=O) groups is 1. The molecule has 16 heavy (non-hydrogen) atoms. The van der Waals surface area contributed by atoms with Crippen LogP contribution in [0.3, 0.4) is 0 Å². The molecule has 1 aromatic carbocycles. The minimum absolute atomic E-state index is 0.0108. The first-order valence-corrected chi connectivity index (χ1v) is 6.03. The van der Waals surface area contributed by atoms with Gasteiger partial charge in [-0.2, -0.15) is 5.26 Å². The van der Waals surface area contributed by atoms with Crippen LogP contribution in [-0.2, 0) is 0 Å². The van der Waals surface area contributed by atoms with Gasteiger partial charge in [-0.05, 0) is 24.1 Å². The molecule has 84 valence electrons. The summed E-state index contributed by atoms with van der Waals surface area (Å²) in [5.41, 5.74) is 0.466. The number of rotatable bonds is 3. The van der Waals surface area contributed by atoms with E-state index < -0.39 is 5.92 Å². The van der Waals surface area contributed by atoms with Gasteiger partial charge in [-0.1, -0.05) is 41.4 Å². The molecule has 1 unspecified atom stereocenters. The molecule has 1 atom stereocenters. The highest BCUT2D eigenvalue weighted by molar-refractivity contribution is 9.10. The second-order valence-corrected chi connectivity index (χ2v) is 5.13. The van der Waals surface area contributed by atoms with Crippen molar-refractivity contribution in [2.45, 2.75) is 13.8 Å². The monoisotopic (exact) mass is 299 g/mol. The molecule has 0 fully saturated rings. The van der Waals surface area contributed by atoms with E-state index in [0.29, 0.717) is 15.1 Å². The van der Waals surface area contributed by atoms with E-state index in [9.17, 15) is 4.79 Å². The summed E-state index contributed by atoms with van der Waals surface area (Å²) in [6.45, 7) is 3.70. The summed E-state index contributed by atoms with van der Waals surface area (Å²) < 4.78 is 0.669. The number of Topliss-reactive ketones (excluding diaryl/α,β-unsaturated/α-hetero) is 1. The van der Waals surface area contributed by atoms with Crippen molar-refractivity contribution in [2.24, 2.45) is 11.8 Å². The van der Waals surface area contributed by atoms with Crippen molar-refractivity contribution in [3.05, 3.63) is 33.3 Å². The second kappa shape index (κ2) is 5.47. The Balaban J connectivity index is 3.14. The molecule has 0 aliphatic rings. The van der Waals surface area contributed by atoms with E-state index in [1.807, 2.05) is 19.9 Å². The van der Waals surface area contributed by atoms with Crippen LogP contribution < -0.4 is 0 Å². The quantitative estimate of drug-likeness (QED) is 0.789. The number of hydrogen-bond acceptors (Lipinski definition) is 2. The van der Waals surface area contributed by atoms with Crippen LogP contribution in [0, 0.1) is 23.2 Å². The third kappa shape index (κ3) is 2.84. The predicted molar refractivity (Wildman–Crippen MR) is 67.4 cm³/mol. The normalized spacial score (nSPS) is 12.2.